The second kappa shape index (κ2) is 14.1. The van der Waals surface area contributed by atoms with Crippen LogP contribution in [0.15, 0.2) is 121 Å². The van der Waals surface area contributed by atoms with Gasteiger partial charge in [-0.2, -0.15) is 0 Å². The van der Waals surface area contributed by atoms with Crippen molar-refractivity contribution < 1.29 is 28.2 Å². The lowest BCUT2D eigenvalue weighted by Crippen LogP contribution is -2.43. The van der Waals surface area contributed by atoms with Crippen molar-refractivity contribution in [1.29, 1.82) is 0 Å². The van der Waals surface area contributed by atoms with E-state index in [4.69, 9.17) is 14.2 Å². The van der Waals surface area contributed by atoms with Crippen molar-refractivity contribution in [3.63, 3.8) is 0 Å². The fourth-order valence-corrected chi connectivity index (χ4v) is 5.62. The highest BCUT2D eigenvalue weighted by Gasteiger charge is 2.30. The molecule has 232 valence electrons. The number of fused-ring (bicyclic) bond motifs is 3. The smallest absolute Gasteiger partial charge is 0.407 e. The van der Waals surface area contributed by atoms with Crippen LogP contribution in [0.5, 0.6) is 5.75 Å². The fourth-order valence-electron chi connectivity index (χ4n) is 5.62. The molecule has 5 aromatic rings. The monoisotopic (exact) mass is 615 g/mol. The molecule has 0 saturated heterocycles. The van der Waals surface area contributed by atoms with E-state index in [1.54, 1.807) is 12.1 Å². The minimum atomic E-state index is -1.04. The van der Waals surface area contributed by atoms with E-state index in [9.17, 15) is 14.0 Å². The van der Waals surface area contributed by atoms with Crippen LogP contribution in [-0.4, -0.2) is 24.7 Å². The van der Waals surface area contributed by atoms with Crippen molar-refractivity contribution in [3.05, 3.63) is 161 Å². The molecule has 46 heavy (non-hydrogen) atoms. The van der Waals surface area contributed by atoms with Gasteiger partial charge < -0.3 is 19.5 Å². The van der Waals surface area contributed by atoms with E-state index in [2.05, 4.69) is 17.4 Å². The number of amides is 1. The van der Waals surface area contributed by atoms with Crippen LogP contribution >= 0.6 is 0 Å². The van der Waals surface area contributed by atoms with Crippen molar-refractivity contribution in [1.82, 2.24) is 5.32 Å². The third kappa shape index (κ3) is 7.44. The summed E-state index contributed by atoms with van der Waals surface area (Å²) in [6, 6.07) is 36.3. The number of hydrogen-bond donors (Lipinski definition) is 1. The molecule has 1 atom stereocenters. The molecule has 0 fully saturated rings. The predicted octanol–water partition coefficient (Wildman–Crippen LogP) is 7.91. The number of carbonyl (C=O) groups is 2. The number of esters is 1. The molecule has 7 heteroatoms. The average Bonchev–Trinajstić information content (AvgIpc) is 3.40. The van der Waals surface area contributed by atoms with Gasteiger partial charge in [-0.15, -0.1) is 0 Å². The van der Waals surface area contributed by atoms with Gasteiger partial charge >= 0.3 is 12.1 Å². The van der Waals surface area contributed by atoms with Crippen molar-refractivity contribution in [3.8, 4) is 16.9 Å². The lowest BCUT2D eigenvalue weighted by molar-refractivity contribution is -0.147. The number of benzene rings is 5. The molecule has 1 N–H and O–H groups in total. The number of rotatable bonds is 11. The molecule has 0 aliphatic heterocycles. The van der Waals surface area contributed by atoms with E-state index in [-0.39, 0.29) is 25.6 Å². The Morgan fingerprint density at radius 1 is 0.696 bits per heavy atom. The quantitative estimate of drug-likeness (QED) is 0.153. The average molecular weight is 616 g/mol. The van der Waals surface area contributed by atoms with Crippen LogP contribution in [0.4, 0.5) is 9.18 Å². The Labute approximate surface area is 267 Å². The zero-order valence-electron chi connectivity index (χ0n) is 25.4. The Balaban J connectivity index is 1.07. The van der Waals surface area contributed by atoms with Crippen LogP contribution < -0.4 is 10.1 Å². The summed E-state index contributed by atoms with van der Waals surface area (Å²) >= 11 is 0. The SMILES string of the molecule is Cc1ccc(COc2ccc(COC(=O)[C@H](Cc3ccc(F)cc3)NC(=O)OCC3c4ccccc4-c4ccccc43)cc2)cc1. The molecule has 0 saturated carbocycles. The van der Waals surface area contributed by atoms with Crippen LogP contribution in [0, 0.1) is 12.7 Å². The van der Waals surface area contributed by atoms with Crippen LogP contribution in [-0.2, 0) is 33.9 Å². The number of nitrogens with one attached hydrogen (secondary N) is 1. The van der Waals surface area contributed by atoms with Gasteiger partial charge in [0.15, 0.2) is 0 Å². The topological polar surface area (TPSA) is 73.9 Å². The van der Waals surface area contributed by atoms with Gasteiger partial charge in [-0.1, -0.05) is 103 Å². The van der Waals surface area contributed by atoms with Crippen molar-refractivity contribution in [2.75, 3.05) is 6.61 Å². The molecule has 0 spiro atoms. The summed E-state index contributed by atoms with van der Waals surface area (Å²) in [4.78, 5) is 26.3. The van der Waals surface area contributed by atoms with Gasteiger partial charge in [-0.05, 0) is 70.1 Å². The van der Waals surface area contributed by atoms with Crippen LogP contribution in [0.25, 0.3) is 11.1 Å². The first-order chi connectivity index (χ1) is 22.4. The Hall–Kier alpha value is -5.43. The minimum absolute atomic E-state index is 0.00334. The van der Waals surface area contributed by atoms with E-state index >= 15 is 0 Å². The largest absolute Gasteiger partial charge is 0.489 e. The van der Waals surface area contributed by atoms with E-state index in [0.717, 1.165) is 33.4 Å². The van der Waals surface area contributed by atoms with Crippen molar-refractivity contribution in [2.45, 2.75) is 38.5 Å². The summed E-state index contributed by atoms with van der Waals surface area (Å²) in [5.41, 5.74) is 8.10. The Kier molecular flexibility index (Phi) is 9.39. The first-order valence-electron chi connectivity index (χ1n) is 15.2. The standard InChI is InChI=1S/C39H34FNO5/c1-26-10-12-28(13-11-26)23-44-31-20-16-29(17-21-31)24-45-38(42)37(22-27-14-18-30(40)19-15-27)41-39(43)46-25-36-34-8-4-2-6-32(34)33-7-3-5-9-35(33)36/h2-21,36-37H,22-25H2,1H3,(H,41,43)/t37-/m0/s1. The lowest BCUT2D eigenvalue weighted by Gasteiger charge is -2.19. The summed E-state index contributed by atoms with van der Waals surface area (Å²) < 4.78 is 30.7. The first-order valence-corrected chi connectivity index (χ1v) is 15.2. The number of carbonyl (C=O) groups excluding carboxylic acids is 2. The van der Waals surface area contributed by atoms with Crippen LogP contribution in [0.3, 0.4) is 0 Å². The van der Waals surface area contributed by atoms with Crippen LogP contribution in [0.2, 0.25) is 0 Å². The molecule has 0 bridgehead atoms. The van der Waals surface area contributed by atoms with Gasteiger partial charge in [0, 0.05) is 12.3 Å². The van der Waals surface area contributed by atoms with E-state index in [1.807, 2.05) is 91.9 Å². The lowest BCUT2D eigenvalue weighted by atomic mass is 9.98. The van der Waals surface area contributed by atoms with E-state index in [0.29, 0.717) is 17.9 Å². The molecule has 1 amide bonds. The van der Waals surface area contributed by atoms with Gasteiger partial charge in [0.05, 0.1) is 0 Å². The molecule has 6 nitrogen and oxygen atoms in total. The van der Waals surface area contributed by atoms with Gasteiger partial charge in [-0.3, -0.25) is 0 Å². The molecular weight excluding hydrogens is 581 g/mol. The maximum Gasteiger partial charge on any atom is 0.407 e. The van der Waals surface area contributed by atoms with Crippen molar-refractivity contribution in [2.24, 2.45) is 0 Å². The number of alkyl carbamates (subject to hydrolysis) is 1. The third-order valence-electron chi connectivity index (χ3n) is 8.10. The summed E-state index contributed by atoms with van der Waals surface area (Å²) in [6.45, 7) is 2.60. The Morgan fingerprint density at radius 3 is 1.91 bits per heavy atom. The molecule has 0 radical (unpaired) electrons. The Morgan fingerprint density at radius 2 is 1.26 bits per heavy atom. The summed E-state index contributed by atoms with van der Waals surface area (Å²) in [5.74, 6) is -0.442. The molecule has 5 aromatic carbocycles. The highest BCUT2D eigenvalue weighted by atomic mass is 19.1. The molecule has 0 aromatic heterocycles. The molecule has 6 rings (SSSR count). The maximum absolute atomic E-state index is 13.5. The van der Waals surface area contributed by atoms with Gasteiger partial charge in [0.25, 0.3) is 0 Å². The molecule has 1 aliphatic rings. The van der Waals surface area contributed by atoms with Crippen LogP contribution in [0.1, 0.15) is 39.3 Å². The summed E-state index contributed by atoms with van der Waals surface area (Å²) in [5, 5.41) is 2.68. The number of ether oxygens (including phenoxy) is 3. The molecular formula is C39H34FNO5. The number of hydrogen-bond acceptors (Lipinski definition) is 5. The van der Waals surface area contributed by atoms with E-state index in [1.165, 1.54) is 17.7 Å². The second-order valence-electron chi connectivity index (χ2n) is 11.4. The second-order valence-corrected chi connectivity index (χ2v) is 11.4. The summed E-state index contributed by atoms with van der Waals surface area (Å²) in [7, 11) is 0. The number of halogens is 1. The van der Waals surface area contributed by atoms with Gasteiger partial charge in [0.2, 0.25) is 0 Å². The highest BCUT2D eigenvalue weighted by Crippen LogP contribution is 2.44. The predicted molar refractivity (Wildman–Crippen MR) is 174 cm³/mol. The molecule has 0 heterocycles. The normalized spacial score (nSPS) is 12.5. The van der Waals surface area contributed by atoms with E-state index < -0.39 is 23.9 Å². The highest BCUT2D eigenvalue weighted by molar-refractivity contribution is 5.82. The zero-order valence-corrected chi connectivity index (χ0v) is 25.4. The third-order valence-corrected chi connectivity index (χ3v) is 8.10. The number of aryl methyl sites for hydroxylation is 1. The summed E-state index contributed by atoms with van der Waals surface area (Å²) in [6.07, 6.45) is -0.629. The molecule has 1 aliphatic carbocycles. The maximum atomic E-state index is 13.5. The van der Waals surface area contributed by atoms with Gasteiger partial charge in [0.1, 0.15) is 37.4 Å². The first kappa shape index (κ1) is 30.6. The zero-order chi connectivity index (χ0) is 31.9. The van der Waals surface area contributed by atoms with Gasteiger partial charge in [-0.25, -0.2) is 14.0 Å². The fraction of sp³-hybridized carbons (Fsp3) is 0.179. The van der Waals surface area contributed by atoms with Crippen molar-refractivity contribution >= 4 is 12.1 Å². The minimum Gasteiger partial charge on any atom is -0.489 e. The Bertz CT molecular complexity index is 1760. The molecule has 0 unspecified atom stereocenters.